The number of rotatable bonds is 5. The highest BCUT2D eigenvalue weighted by atomic mass is 16.6. The van der Waals surface area contributed by atoms with Crippen LogP contribution in [0.25, 0.3) is 0 Å². The van der Waals surface area contributed by atoms with Gasteiger partial charge in [0.1, 0.15) is 6.61 Å². The average molecular weight is 266 g/mol. The van der Waals surface area contributed by atoms with Crippen LogP contribution >= 0.6 is 0 Å². The third kappa shape index (κ3) is 4.38. The van der Waals surface area contributed by atoms with Crippen molar-refractivity contribution in [2.75, 3.05) is 6.61 Å². The number of para-hydroxylation sites is 1. The van der Waals surface area contributed by atoms with Crippen molar-refractivity contribution in [2.45, 2.75) is 19.9 Å². The molecule has 0 radical (unpaired) electrons. The maximum atomic E-state index is 11.1. The van der Waals surface area contributed by atoms with Gasteiger partial charge in [-0.2, -0.15) is 0 Å². The van der Waals surface area contributed by atoms with Gasteiger partial charge in [0.05, 0.1) is 16.5 Å². The monoisotopic (exact) mass is 266 g/mol. The predicted molar refractivity (Wildman–Crippen MR) is 66.3 cm³/mol. The summed E-state index contributed by atoms with van der Waals surface area (Å²) in [6.45, 7) is 2.36. The first-order valence-corrected chi connectivity index (χ1v) is 5.55. The molecule has 0 fully saturated rings. The number of hydrogen-bond acceptors (Lipinski definition) is 5. The molecular weight excluding hydrogens is 252 g/mol. The van der Waals surface area contributed by atoms with E-state index in [1.54, 1.807) is 6.07 Å². The molecule has 102 valence electrons. The van der Waals surface area contributed by atoms with Gasteiger partial charge in [0.25, 0.3) is 5.69 Å². The molecule has 1 aromatic carbocycles. The Morgan fingerprint density at radius 3 is 2.53 bits per heavy atom. The van der Waals surface area contributed by atoms with Crippen molar-refractivity contribution in [3.63, 3.8) is 0 Å². The second-order valence-corrected chi connectivity index (χ2v) is 3.87. The van der Waals surface area contributed by atoms with E-state index in [1.165, 1.54) is 32.0 Å². The molecule has 0 aliphatic carbocycles. The highest BCUT2D eigenvalue weighted by Gasteiger charge is 2.23. The second kappa shape index (κ2) is 6.48. The molecule has 7 heteroatoms. The van der Waals surface area contributed by atoms with E-state index in [0.717, 1.165) is 0 Å². The summed E-state index contributed by atoms with van der Waals surface area (Å²) in [6.07, 6.45) is 0. The molecule has 0 aliphatic heterocycles. The van der Waals surface area contributed by atoms with E-state index in [9.17, 15) is 19.7 Å². The van der Waals surface area contributed by atoms with E-state index < -0.39 is 16.9 Å². The number of carbonyl (C=O) groups excluding carboxylic acids is 2. The van der Waals surface area contributed by atoms with Crippen molar-refractivity contribution in [3.05, 3.63) is 39.9 Å². The number of carbonyl (C=O) groups is 2. The van der Waals surface area contributed by atoms with E-state index in [-0.39, 0.29) is 18.2 Å². The number of esters is 1. The molecule has 1 N–H and O–H groups in total. The van der Waals surface area contributed by atoms with Crippen molar-refractivity contribution in [1.29, 1.82) is 0 Å². The van der Waals surface area contributed by atoms with Gasteiger partial charge in [-0.1, -0.05) is 12.1 Å². The number of nitro benzene ring substituents is 1. The van der Waals surface area contributed by atoms with Crippen molar-refractivity contribution < 1.29 is 19.2 Å². The molecule has 0 unspecified atom stereocenters. The maximum Gasteiger partial charge on any atom is 0.302 e. The third-order valence-corrected chi connectivity index (χ3v) is 2.34. The van der Waals surface area contributed by atoms with Gasteiger partial charge in [0.2, 0.25) is 5.91 Å². The Labute approximate surface area is 109 Å². The topological polar surface area (TPSA) is 98.5 Å². The first kappa shape index (κ1) is 14.6. The zero-order valence-corrected chi connectivity index (χ0v) is 10.6. The molecule has 0 bridgehead atoms. The molecule has 0 saturated heterocycles. The van der Waals surface area contributed by atoms with E-state index in [0.29, 0.717) is 5.56 Å². The summed E-state index contributed by atoms with van der Waals surface area (Å²) < 4.78 is 4.82. The summed E-state index contributed by atoms with van der Waals surface area (Å²) in [5.74, 6) is -0.885. The average Bonchev–Trinajstić information content (AvgIpc) is 2.33. The predicted octanol–water partition coefficient (Wildman–Crippen LogP) is 1.34. The van der Waals surface area contributed by atoms with Crippen LogP contribution < -0.4 is 5.32 Å². The Morgan fingerprint density at radius 1 is 1.37 bits per heavy atom. The first-order valence-electron chi connectivity index (χ1n) is 5.55. The molecule has 0 spiro atoms. The maximum absolute atomic E-state index is 11.1. The Hall–Kier alpha value is -2.44. The third-order valence-electron chi connectivity index (χ3n) is 2.34. The Kier molecular flexibility index (Phi) is 4.99. The lowest BCUT2D eigenvalue weighted by atomic mass is 10.1. The normalized spacial score (nSPS) is 11.5. The van der Waals surface area contributed by atoms with Crippen LogP contribution in [0.4, 0.5) is 5.69 Å². The largest absolute Gasteiger partial charge is 0.463 e. The van der Waals surface area contributed by atoms with Crippen LogP contribution in [0.15, 0.2) is 24.3 Å². The fourth-order valence-corrected chi connectivity index (χ4v) is 1.60. The SMILES string of the molecule is CC(=O)N[C@@H](COC(C)=O)c1ccccc1[N+](=O)[O-]. The lowest BCUT2D eigenvalue weighted by Crippen LogP contribution is -2.30. The molecule has 1 aromatic rings. The summed E-state index contributed by atoms with van der Waals surface area (Å²) in [6, 6.07) is 5.24. The van der Waals surface area contributed by atoms with Crippen molar-refractivity contribution in [1.82, 2.24) is 5.32 Å². The highest BCUT2D eigenvalue weighted by Crippen LogP contribution is 2.25. The van der Waals surface area contributed by atoms with E-state index in [1.807, 2.05) is 0 Å². The first-order chi connectivity index (χ1) is 8.91. The van der Waals surface area contributed by atoms with Crippen molar-refractivity contribution in [2.24, 2.45) is 0 Å². The van der Waals surface area contributed by atoms with Crippen LogP contribution in [0, 0.1) is 10.1 Å². The molecule has 0 aromatic heterocycles. The fourth-order valence-electron chi connectivity index (χ4n) is 1.60. The molecule has 7 nitrogen and oxygen atoms in total. The number of nitrogens with one attached hydrogen (secondary N) is 1. The molecule has 0 saturated carbocycles. The minimum Gasteiger partial charge on any atom is -0.463 e. The Morgan fingerprint density at radius 2 is 2.00 bits per heavy atom. The quantitative estimate of drug-likeness (QED) is 0.492. The molecule has 1 atom stereocenters. The summed E-state index contributed by atoms with van der Waals surface area (Å²) in [4.78, 5) is 32.3. The smallest absolute Gasteiger partial charge is 0.302 e. The van der Waals surface area contributed by atoms with Gasteiger partial charge in [-0.05, 0) is 6.07 Å². The van der Waals surface area contributed by atoms with E-state index in [4.69, 9.17) is 4.74 Å². The molecule has 1 rings (SSSR count). The summed E-state index contributed by atoms with van der Waals surface area (Å²) in [5, 5.41) is 13.5. The summed E-state index contributed by atoms with van der Waals surface area (Å²) >= 11 is 0. The van der Waals surface area contributed by atoms with Crippen molar-refractivity contribution >= 4 is 17.6 Å². The number of amides is 1. The zero-order chi connectivity index (χ0) is 14.4. The number of nitro groups is 1. The minimum atomic E-state index is -0.747. The van der Waals surface area contributed by atoms with Gasteiger partial charge in [-0.3, -0.25) is 19.7 Å². The van der Waals surface area contributed by atoms with Crippen LogP contribution in [-0.4, -0.2) is 23.4 Å². The fraction of sp³-hybridized carbons (Fsp3) is 0.333. The van der Waals surface area contributed by atoms with Crippen LogP contribution in [0.1, 0.15) is 25.5 Å². The van der Waals surface area contributed by atoms with Crippen LogP contribution in [0.5, 0.6) is 0 Å². The lowest BCUT2D eigenvalue weighted by molar-refractivity contribution is -0.385. The lowest BCUT2D eigenvalue weighted by Gasteiger charge is -2.17. The minimum absolute atomic E-state index is 0.131. The molecular formula is C12H14N2O5. The molecule has 19 heavy (non-hydrogen) atoms. The van der Waals surface area contributed by atoms with Gasteiger partial charge in [0.15, 0.2) is 0 Å². The zero-order valence-electron chi connectivity index (χ0n) is 10.6. The Balaban J connectivity index is 3.05. The molecule has 1 amide bonds. The molecule has 0 heterocycles. The van der Waals surface area contributed by atoms with E-state index >= 15 is 0 Å². The van der Waals surface area contributed by atoms with E-state index in [2.05, 4.69) is 5.32 Å². The number of benzene rings is 1. The standard InChI is InChI=1S/C12H14N2O5/c1-8(15)13-11(7-19-9(2)16)10-5-3-4-6-12(10)14(17)18/h3-6,11H,7H2,1-2H3,(H,13,15)/t11-/m0/s1. The number of nitrogens with zero attached hydrogens (tertiary/aromatic N) is 1. The van der Waals surface area contributed by atoms with Gasteiger partial charge in [-0.25, -0.2) is 0 Å². The van der Waals surface area contributed by atoms with Gasteiger partial charge in [0, 0.05) is 19.9 Å². The summed E-state index contributed by atoms with van der Waals surface area (Å²) in [5.41, 5.74) is 0.164. The van der Waals surface area contributed by atoms with Gasteiger partial charge < -0.3 is 10.1 Å². The van der Waals surface area contributed by atoms with Crippen LogP contribution in [0.3, 0.4) is 0 Å². The van der Waals surface area contributed by atoms with Crippen LogP contribution in [0.2, 0.25) is 0 Å². The highest BCUT2D eigenvalue weighted by molar-refractivity contribution is 5.74. The number of ether oxygens (including phenoxy) is 1. The Bertz CT molecular complexity index is 501. The van der Waals surface area contributed by atoms with Gasteiger partial charge in [-0.15, -0.1) is 0 Å². The van der Waals surface area contributed by atoms with Crippen molar-refractivity contribution in [3.8, 4) is 0 Å². The number of hydrogen-bond donors (Lipinski definition) is 1. The van der Waals surface area contributed by atoms with Crippen LogP contribution in [-0.2, 0) is 14.3 Å². The van der Waals surface area contributed by atoms with Gasteiger partial charge >= 0.3 is 5.97 Å². The molecule has 0 aliphatic rings. The summed E-state index contributed by atoms with van der Waals surface area (Å²) in [7, 11) is 0. The second-order valence-electron chi connectivity index (χ2n) is 3.87.